The molecule has 1 saturated heterocycles. The molecule has 1 aromatic carbocycles. The monoisotopic (exact) mass is 256 g/mol. The molecule has 0 spiro atoms. The van der Waals surface area contributed by atoms with Crippen LogP contribution in [0.2, 0.25) is 0 Å². The van der Waals surface area contributed by atoms with Gasteiger partial charge in [-0.05, 0) is 30.7 Å². The van der Waals surface area contributed by atoms with Gasteiger partial charge in [-0.2, -0.15) is 0 Å². The van der Waals surface area contributed by atoms with Gasteiger partial charge >= 0.3 is 0 Å². The molecule has 18 heavy (non-hydrogen) atoms. The third-order valence-electron chi connectivity index (χ3n) is 3.26. The minimum atomic E-state index is -0.601. The molecule has 5 heteroatoms. The van der Waals surface area contributed by atoms with Gasteiger partial charge in [-0.25, -0.2) is 8.78 Å². The molecule has 3 nitrogen and oxygen atoms in total. The van der Waals surface area contributed by atoms with Gasteiger partial charge in [0.2, 0.25) is 0 Å². The third kappa shape index (κ3) is 3.25. The fourth-order valence-electron chi connectivity index (χ4n) is 2.38. The van der Waals surface area contributed by atoms with Crippen LogP contribution in [0.1, 0.15) is 18.0 Å². The van der Waals surface area contributed by atoms with Crippen LogP contribution in [0, 0.1) is 11.6 Å². The Labute approximate surface area is 105 Å². The lowest BCUT2D eigenvalue weighted by atomic mass is 10.1. The molecule has 0 amide bonds. The van der Waals surface area contributed by atoms with Gasteiger partial charge < -0.3 is 10.4 Å². The molecule has 1 fully saturated rings. The summed E-state index contributed by atoms with van der Waals surface area (Å²) in [6, 6.07) is 3.10. The molecule has 2 rings (SSSR count). The van der Waals surface area contributed by atoms with Gasteiger partial charge in [0.1, 0.15) is 11.6 Å². The first-order valence-corrected chi connectivity index (χ1v) is 6.22. The zero-order chi connectivity index (χ0) is 13.0. The SMILES string of the molecule is OCC(c1cc(F)cc(F)c1)N1CCCNCC1. The van der Waals surface area contributed by atoms with Gasteiger partial charge in [-0.1, -0.05) is 0 Å². The van der Waals surface area contributed by atoms with Crippen LogP contribution in [0.5, 0.6) is 0 Å². The molecule has 0 aliphatic carbocycles. The van der Waals surface area contributed by atoms with Crippen molar-refractivity contribution in [2.45, 2.75) is 12.5 Å². The van der Waals surface area contributed by atoms with Crippen molar-refractivity contribution >= 4 is 0 Å². The van der Waals surface area contributed by atoms with Crippen LogP contribution in [0.3, 0.4) is 0 Å². The number of hydrogen-bond donors (Lipinski definition) is 2. The number of hydrogen-bond acceptors (Lipinski definition) is 3. The molecule has 2 N–H and O–H groups in total. The molecule has 1 aromatic rings. The van der Waals surface area contributed by atoms with E-state index < -0.39 is 11.6 Å². The lowest BCUT2D eigenvalue weighted by Gasteiger charge is -2.29. The summed E-state index contributed by atoms with van der Waals surface area (Å²) in [4.78, 5) is 2.06. The summed E-state index contributed by atoms with van der Waals surface area (Å²) in [7, 11) is 0. The molecule has 0 aromatic heterocycles. The maximum absolute atomic E-state index is 13.2. The fourth-order valence-corrected chi connectivity index (χ4v) is 2.38. The minimum Gasteiger partial charge on any atom is -0.394 e. The van der Waals surface area contributed by atoms with Crippen LogP contribution in [0.4, 0.5) is 8.78 Å². The Bertz CT molecular complexity index is 372. The van der Waals surface area contributed by atoms with E-state index in [4.69, 9.17) is 0 Å². The van der Waals surface area contributed by atoms with Crippen molar-refractivity contribution in [2.24, 2.45) is 0 Å². The maximum Gasteiger partial charge on any atom is 0.126 e. The predicted octanol–water partition coefficient (Wildman–Crippen LogP) is 1.29. The van der Waals surface area contributed by atoms with Gasteiger partial charge in [-0.15, -0.1) is 0 Å². The topological polar surface area (TPSA) is 35.5 Å². The van der Waals surface area contributed by atoms with E-state index in [9.17, 15) is 13.9 Å². The van der Waals surface area contributed by atoms with E-state index in [1.807, 2.05) is 0 Å². The second-order valence-corrected chi connectivity index (χ2v) is 4.54. The van der Waals surface area contributed by atoms with Gasteiger partial charge in [0.15, 0.2) is 0 Å². The lowest BCUT2D eigenvalue weighted by Crippen LogP contribution is -2.34. The zero-order valence-corrected chi connectivity index (χ0v) is 10.2. The highest BCUT2D eigenvalue weighted by molar-refractivity contribution is 5.21. The molecule has 0 bridgehead atoms. The quantitative estimate of drug-likeness (QED) is 0.855. The summed E-state index contributed by atoms with van der Waals surface area (Å²) in [5.74, 6) is -1.20. The zero-order valence-electron chi connectivity index (χ0n) is 10.2. The van der Waals surface area contributed by atoms with Gasteiger partial charge in [0.25, 0.3) is 0 Å². The minimum absolute atomic E-state index is 0.136. The Morgan fingerprint density at radius 1 is 1.17 bits per heavy atom. The van der Waals surface area contributed by atoms with Crippen LogP contribution in [-0.4, -0.2) is 42.8 Å². The number of halogens is 2. The van der Waals surface area contributed by atoms with E-state index in [0.717, 1.165) is 38.7 Å². The largest absolute Gasteiger partial charge is 0.394 e. The highest BCUT2D eigenvalue weighted by Gasteiger charge is 2.21. The van der Waals surface area contributed by atoms with Crippen molar-refractivity contribution in [3.8, 4) is 0 Å². The first kappa shape index (κ1) is 13.4. The number of nitrogens with one attached hydrogen (secondary N) is 1. The standard InChI is InChI=1S/C13H18F2N2O/c14-11-6-10(7-12(15)8-11)13(9-18)17-4-1-2-16-3-5-17/h6-8,13,16,18H,1-5,9H2. The summed E-state index contributed by atoms with van der Waals surface area (Å²) < 4.78 is 26.4. The molecule has 1 unspecified atom stereocenters. The molecule has 1 heterocycles. The van der Waals surface area contributed by atoms with Crippen molar-refractivity contribution in [2.75, 3.05) is 32.8 Å². The first-order chi connectivity index (χ1) is 8.70. The van der Waals surface area contributed by atoms with Crippen LogP contribution < -0.4 is 5.32 Å². The summed E-state index contributed by atoms with van der Waals surface area (Å²) in [6.45, 7) is 3.21. The molecular weight excluding hydrogens is 238 g/mol. The van der Waals surface area contributed by atoms with Crippen LogP contribution >= 0.6 is 0 Å². The summed E-state index contributed by atoms with van der Waals surface area (Å²) in [5.41, 5.74) is 0.497. The van der Waals surface area contributed by atoms with Crippen LogP contribution in [0.25, 0.3) is 0 Å². The van der Waals surface area contributed by atoms with E-state index in [-0.39, 0.29) is 12.6 Å². The Kier molecular flexibility index (Phi) is 4.63. The number of rotatable bonds is 3. The molecule has 0 saturated carbocycles. The number of aliphatic hydroxyl groups excluding tert-OH is 1. The van der Waals surface area contributed by atoms with Crippen LogP contribution in [-0.2, 0) is 0 Å². The predicted molar refractivity (Wildman–Crippen MR) is 65.2 cm³/mol. The molecule has 1 aliphatic rings. The summed E-state index contributed by atoms with van der Waals surface area (Å²) in [5, 5.41) is 12.8. The average molecular weight is 256 g/mol. The van der Waals surface area contributed by atoms with Crippen molar-refractivity contribution in [3.63, 3.8) is 0 Å². The third-order valence-corrected chi connectivity index (χ3v) is 3.26. The second kappa shape index (κ2) is 6.22. The van der Waals surface area contributed by atoms with E-state index in [2.05, 4.69) is 10.2 Å². The first-order valence-electron chi connectivity index (χ1n) is 6.22. The van der Waals surface area contributed by atoms with E-state index in [0.29, 0.717) is 5.56 Å². The van der Waals surface area contributed by atoms with Crippen LogP contribution in [0.15, 0.2) is 18.2 Å². The van der Waals surface area contributed by atoms with Gasteiger partial charge in [0.05, 0.1) is 12.6 Å². The Morgan fingerprint density at radius 3 is 2.56 bits per heavy atom. The smallest absolute Gasteiger partial charge is 0.126 e. The van der Waals surface area contributed by atoms with Gasteiger partial charge in [-0.3, -0.25) is 4.90 Å². The highest BCUT2D eigenvalue weighted by atomic mass is 19.1. The molecule has 1 aliphatic heterocycles. The number of benzene rings is 1. The Hall–Kier alpha value is -1.04. The second-order valence-electron chi connectivity index (χ2n) is 4.54. The van der Waals surface area contributed by atoms with Crippen molar-refractivity contribution in [1.82, 2.24) is 10.2 Å². The van der Waals surface area contributed by atoms with E-state index in [1.165, 1.54) is 12.1 Å². The summed E-state index contributed by atoms with van der Waals surface area (Å²) in [6.07, 6.45) is 0.967. The average Bonchev–Trinajstić information content (AvgIpc) is 2.58. The Morgan fingerprint density at radius 2 is 1.89 bits per heavy atom. The molecule has 1 atom stereocenters. The highest BCUT2D eigenvalue weighted by Crippen LogP contribution is 2.22. The normalized spacial score (nSPS) is 19.5. The number of nitrogens with zero attached hydrogens (tertiary/aromatic N) is 1. The van der Waals surface area contributed by atoms with E-state index in [1.54, 1.807) is 0 Å². The molecule has 0 radical (unpaired) electrons. The fraction of sp³-hybridized carbons (Fsp3) is 0.538. The summed E-state index contributed by atoms with van der Waals surface area (Å²) >= 11 is 0. The number of aliphatic hydroxyl groups is 1. The maximum atomic E-state index is 13.2. The van der Waals surface area contributed by atoms with Crippen molar-refractivity contribution < 1.29 is 13.9 Å². The Balaban J connectivity index is 2.20. The molecule has 100 valence electrons. The molecular formula is C13H18F2N2O. The van der Waals surface area contributed by atoms with Gasteiger partial charge in [0, 0.05) is 25.7 Å². The lowest BCUT2D eigenvalue weighted by molar-refractivity contribution is 0.129. The van der Waals surface area contributed by atoms with E-state index >= 15 is 0 Å². The van der Waals surface area contributed by atoms with Crippen molar-refractivity contribution in [3.05, 3.63) is 35.4 Å². The van der Waals surface area contributed by atoms with Crippen molar-refractivity contribution in [1.29, 1.82) is 0 Å².